The molecule has 0 amide bonds. The van der Waals surface area contributed by atoms with Crippen LogP contribution < -0.4 is 4.74 Å². The normalized spacial score (nSPS) is 13.1. The predicted octanol–water partition coefficient (Wildman–Crippen LogP) is 2.79. The Kier molecular flexibility index (Phi) is 3.53. The van der Waals surface area contributed by atoms with Crippen LogP contribution >= 0.6 is 0 Å². The molecule has 0 N–H and O–H groups in total. The molecule has 0 saturated heterocycles. The first-order valence-corrected chi connectivity index (χ1v) is 7.34. The summed E-state index contributed by atoms with van der Waals surface area (Å²) in [6.07, 6.45) is 2.17. The average molecular weight is 284 g/mol. The van der Waals surface area contributed by atoms with Crippen molar-refractivity contribution in [3.05, 3.63) is 46.3 Å². The van der Waals surface area contributed by atoms with Crippen LogP contribution in [0.15, 0.2) is 18.2 Å². The number of fused-ring (bicyclic) bond motifs is 1. The summed E-state index contributed by atoms with van der Waals surface area (Å²) in [4.78, 5) is 12.4. The van der Waals surface area contributed by atoms with Gasteiger partial charge in [-0.05, 0) is 49.6 Å². The molecule has 1 aliphatic rings. The first-order chi connectivity index (χ1) is 10.1. The van der Waals surface area contributed by atoms with Crippen molar-refractivity contribution in [2.75, 3.05) is 6.61 Å². The summed E-state index contributed by atoms with van der Waals surface area (Å²) in [6, 6.07) is 5.76. The summed E-state index contributed by atoms with van der Waals surface area (Å²) in [5.41, 5.74) is 5.29. The molecular formula is C17H20N2O2. The summed E-state index contributed by atoms with van der Waals surface area (Å²) >= 11 is 0. The van der Waals surface area contributed by atoms with Crippen molar-refractivity contribution in [3.8, 4) is 5.75 Å². The molecule has 110 valence electrons. The quantitative estimate of drug-likeness (QED) is 0.811. The smallest absolute Gasteiger partial charge is 0.163 e. The Bertz CT molecular complexity index is 701. The maximum Gasteiger partial charge on any atom is 0.163 e. The number of ether oxygens (including phenoxy) is 1. The van der Waals surface area contributed by atoms with Gasteiger partial charge in [0.15, 0.2) is 5.78 Å². The van der Waals surface area contributed by atoms with Crippen LogP contribution in [0.4, 0.5) is 0 Å². The van der Waals surface area contributed by atoms with Crippen LogP contribution in [0.25, 0.3) is 0 Å². The van der Waals surface area contributed by atoms with E-state index in [0.717, 1.165) is 47.7 Å². The Morgan fingerprint density at radius 1 is 1.38 bits per heavy atom. The molecule has 21 heavy (non-hydrogen) atoms. The van der Waals surface area contributed by atoms with E-state index in [1.54, 1.807) is 0 Å². The predicted molar refractivity (Wildman–Crippen MR) is 81.0 cm³/mol. The van der Waals surface area contributed by atoms with Crippen LogP contribution in [0.1, 0.15) is 39.3 Å². The molecule has 0 atom stereocenters. The van der Waals surface area contributed by atoms with E-state index in [9.17, 15) is 4.79 Å². The molecule has 1 aliphatic heterocycles. The van der Waals surface area contributed by atoms with Crippen LogP contribution in [0, 0.1) is 13.8 Å². The molecule has 3 rings (SSSR count). The van der Waals surface area contributed by atoms with Gasteiger partial charge >= 0.3 is 0 Å². The molecule has 0 radical (unpaired) electrons. The molecule has 0 spiro atoms. The van der Waals surface area contributed by atoms with Crippen molar-refractivity contribution in [1.29, 1.82) is 0 Å². The fourth-order valence-corrected chi connectivity index (χ4v) is 2.92. The lowest BCUT2D eigenvalue weighted by Crippen LogP contribution is -2.03. The van der Waals surface area contributed by atoms with E-state index >= 15 is 0 Å². The van der Waals surface area contributed by atoms with E-state index in [2.05, 4.69) is 5.10 Å². The average Bonchev–Trinajstić information content (AvgIpc) is 3.02. The summed E-state index contributed by atoms with van der Waals surface area (Å²) in [6.45, 7) is 4.77. The minimum absolute atomic E-state index is 0.187. The van der Waals surface area contributed by atoms with Gasteiger partial charge in [-0.25, -0.2) is 0 Å². The van der Waals surface area contributed by atoms with E-state index in [1.807, 2.05) is 43.8 Å². The first-order valence-electron chi connectivity index (χ1n) is 7.34. The molecule has 0 fully saturated rings. The highest BCUT2D eigenvalue weighted by atomic mass is 16.5. The van der Waals surface area contributed by atoms with Gasteiger partial charge in [0.25, 0.3) is 0 Å². The van der Waals surface area contributed by atoms with Gasteiger partial charge < -0.3 is 4.74 Å². The third kappa shape index (κ3) is 2.58. The van der Waals surface area contributed by atoms with Crippen LogP contribution in [-0.2, 0) is 19.9 Å². The monoisotopic (exact) mass is 284 g/mol. The van der Waals surface area contributed by atoms with Crippen molar-refractivity contribution >= 4 is 5.78 Å². The summed E-state index contributed by atoms with van der Waals surface area (Å²) in [5, 5.41) is 4.40. The van der Waals surface area contributed by atoms with Gasteiger partial charge in [-0.1, -0.05) is 0 Å². The van der Waals surface area contributed by atoms with Crippen LogP contribution in [0.5, 0.6) is 5.75 Å². The number of nitrogens with zero attached hydrogens (tertiary/aromatic N) is 2. The number of hydrogen-bond donors (Lipinski definition) is 0. The Balaban J connectivity index is 1.72. The number of rotatable bonds is 4. The fraction of sp³-hybridized carbons (Fsp3) is 0.412. The molecule has 1 aromatic heterocycles. The van der Waals surface area contributed by atoms with E-state index in [-0.39, 0.29) is 5.78 Å². The van der Waals surface area contributed by atoms with Gasteiger partial charge in [0.2, 0.25) is 0 Å². The number of carbonyl (C=O) groups excluding carboxylic acids is 1. The Morgan fingerprint density at radius 3 is 2.90 bits per heavy atom. The third-order valence-electron chi connectivity index (χ3n) is 4.27. The molecular weight excluding hydrogens is 264 g/mol. The van der Waals surface area contributed by atoms with Crippen molar-refractivity contribution in [2.24, 2.45) is 7.05 Å². The number of aryl methyl sites for hydroxylation is 2. The highest BCUT2D eigenvalue weighted by Gasteiger charge is 2.16. The maximum absolute atomic E-state index is 12.4. The van der Waals surface area contributed by atoms with Crippen LogP contribution in [0.3, 0.4) is 0 Å². The van der Waals surface area contributed by atoms with Crippen molar-refractivity contribution in [3.63, 3.8) is 0 Å². The Hall–Kier alpha value is -2.10. The molecule has 0 bridgehead atoms. The molecule has 2 heterocycles. The standard InChI is InChI=1S/C17H20N2O2/c1-11-15(12(2)19(3)18-11)5-6-16(20)13-4-7-17-14(10-13)8-9-21-17/h4,7,10H,5-6,8-9H2,1-3H3. The van der Waals surface area contributed by atoms with E-state index in [1.165, 1.54) is 5.56 Å². The summed E-state index contributed by atoms with van der Waals surface area (Å²) in [5.74, 6) is 1.11. The number of aromatic nitrogens is 2. The zero-order valence-electron chi connectivity index (χ0n) is 12.8. The Morgan fingerprint density at radius 2 is 2.19 bits per heavy atom. The van der Waals surface area contributed by atoms with Gasteiger partial charge in [-0.15, -0.1) is 0 Å². The molecule has 0 aliphatic carbocycles. The summed E-state index contributed by atoms with van der Waals surface area (Å²) in [7, 11) is 1.94. The van der Waals surface area contributed by atoms with E-state index in [0.29, 0.717) is 6.42 Å². The minimum Gasteiger partial charge on any atom is -0.493 e. The van der Waals surface area contributed by atoms with Gasteiger partial charge in [0.1, 0.15) is 5.75 Å². The number of benzene rings is 1. The van der Waals surface area contributed by atoms with Crippen molar-refractivity contribution in [1.82, 2.24) is 9.78 Å². The highest BCUT2D eigenvalue weighted by molar-refractivity contribution is 5.96. The lowest BCUT2D eigenvalue weighted by Gasteiger charge is -2.05. The van der Waals surface area contributed by atoms with E-state index < -0.39 is 0 Å². The van der Waals surface area contributed by atoms with Crippen LogP contribution in [0.2, 0.25) is 0 Å². The molecule has 1 aromatic carbocycles. The van der Waals surface area contributed by atoms with Crippen LogP contribution in [-0.4, -0.2) is 22.2 Å². The fourth-order valence-electron chi connectivity index (χ4n) is 2.92. The number of hydrogen-bond acceptors (Lipinski definition) is 3. The molecule has 4 nitrogen and oxygen atoms in total. The van der Waals surface area contributed by atoms with Crippen molar-refractivity contribution < 1.29 is 9.53 Å². The number of Topliss-reactive ketones (excluding diaryl/α,β-unsaturated/α-hetero) is 1. The second kappa shape index (κ2) is 5.35. The second-order valence-electron chi connectivity index (χ2n) is 5.62. The topological polar surface area (TPSA) is 44.1 Å². The zero-order chi connectivity index (χ0) is 15.0. The first kappa shape index (κ1) is 13.9. The zero-order valence-corrected chi connectivity index (χ0v) is 12.8. The number of carbonyl (C=O) groups is 1. The van der Waals surface area contributed by atoms with Gasteiger partial charge in [0.05, 0.1) is 12.3 Å². The molecule has 0 unspecified atom stereocenters. The van der Waals surface area contributed by atoms with Crippen molar-refractivity contribution in [2.45, 2.75) is 33.1 Å². The largest absolute Gasteiger partial charge is 0.493 e. The molecule has 0 saturated carbocycles. The number of ketones is 1. The minimum atomic E-state index is 0.187. The Labute approximate surface area is 124 Å². The molecule has 4 heteroatoms. The lowest BCUT2D eigenvalue weighted by molar-refractivity contribution is 0.0982. The van der Waals surface area contributed by atoms with E-state index in [4.69, 9.17) is 4.74 Å². The van der Waals surface area contributed by atoms with Gasteiger partial charge in [-0.3, -0.25) is 9.48 Å². The van der Waals surface area contributed by atoms with Gasteiger partial charge in [0, 0.05) is 31.1 Å². The van der Waals surface area contributed by atoms with Gasteiger partial charge in [-0.2, -0.15) is 5.10 Å². The highest BCUT2D eigenvalue weighted by Crippen LogP contribution is 2.26. The second-order valence-corrected chi connectivity index (χ2v) is 5.62. The maximum atomic E-state index is 12.4. The lowest BCUT2D eigenvalue weighted by atomic mass is 9.99. The SMILES string of the molecule is Cc1nn(C)c(C)c1CCC(=O)c1ccc2c(c1)CCO2. The third-order valence-corrected chi connectivity index (χ3v) is 4.27. The molecule has 2 aromatic rings. The summed E-state index contributed by atoms with van der Waals surface area (Å²) < 4.78 is 7.35.